The van der Waals surface area contributed by atoms with Crippen LogP contribution in [-0.2, 0) is 83.8 Å². The van der Waals surface area contributed by atoms with Gasteiger partial charge in [-0.2, -0.15) is 0 Å². The molecule has 6 aromatic heterocycles. The number of methoxy groups -OCH3 is 4. The summed E-state index contributed by atoms with van der Waals surface area (Å²) in [6.07, 6.45) is 5.87. The summed E-state index contributed by atoms with van der Waals surface area (Å²) in [6.45, 7) is 6.88. The number of carbonyl (C=O) groups excluding carboxylic acids is 8. The molecule has 114 heavy (non-hydrogen) atoms. The van der Waals surface area contributed by atoms with Crippen LogP contribution in [0.25, 0.3) is 43.6 Å². The van der Waals surface area contributed by atoms with Crippen molar-refractivity contribution in [1.82, 2.24) is 28.2 Å². The zero-order valence-electron chi connectivity index (χ0n) is 62.9. The number of halogens is 4. The van der Waals surface area contributed by atoms with E-state index in [4.69, 9.17) is 65.4 Å². The van der Waals surface area contributed by atoms with Gasteiger partial charge in [-0.3, -0.25) is 47.4 Å². The molecule has 6 heterocycles. The van der Waals surface area contributed by atoms with Crippen LogP contribution in [0.1, 0.15) is 86.5 Å². The summed E-state index contributed by atoms with van der Waals surface area (Å²) in [5, 5.41) is 49.4. The topological polar surface area (TPSA) is 311 Å². The molecule has 14 rings (SSSR count). The van der Waals surface area contributed by atoms with E-state index in [1.54, 1.807) is 222 Å². The Morgan fingerprint density at radius 3 is 0.623 bits per heavy atom. The number of aromatic nitrogens is 6. The van der Waals surface area contributed by atoms with E-state index in [0.717, 1.165) is 0 Å². The van der Waals surface area contributed by atoms with Crippen molar-refractivity contribution in [3.63, 3.8) is 0 Å². The van der Waals surface area contributed by atoms with Gasteiger partial charge in [-0.25, -0.2) is 0 Å². The van der Waals surface area contributed by atoms with Crippen LogP contribution in [0.3, 0.4) is 0 Å². The number of nitrogens with zero attached hydrogens (tertiary/aromatic N) is 6. The molecular weight excluding hydrogens is 1650 g/mol. The van der Waals surface area contributed by atoms with E-state index >= 15 is 0 Å². The van der Waals surface area contributed by atoms with Crippen molar-refractivity contribution in [3.05, 3.63) is 318 Å². The van der Waals surface area contributed by atoms with Gasteiger partial charge in [0.15, 0.2) is 0 Å². The van der Waals surface area contributed by atoms with E-state index in [1.165, 1.54) is 46.7 Å². The van der Waals surface area contributed by atoms with Gasteiger partial charge in [-0.1, -0.05) is 58.5 Å². The van der Waals surface area contributed by atoms with Crippen molar-refractivity contribution in [3.8, 4) is 23.0 Å². The summed E-state index contributed by atoms with van der Waals surface area (Å²) in [5.41, 5.74) is 8.72. The van der Waals surface area contributed by atoms with E-state index in [1.807, 2.05) is 36.4 Å². The van der Waals surface area contributed by atoms with Crippen LogP contribution in [-0.4, -0.2) is 104 Å². The molecule has 572 valence electrons. The first-order valence-electron chi connectivity index (χ1n) is 34.1. The van der Waals surface area contributed by atoms with Crippen molar-refractivity contribution in [2.45, 2.75) is 53.4 Å². The standard InChI is InChI=1S/4C19H16ClNO4.2C5H5N.2Zn/c4*1-11-15(10-18(22)23)16-9-14(25-2)7-8-17(16)21(11)19(24)12-3-5-13(20)6-4-12;2*1-2-4-6-5-3-1;;/h4*3-9H,10H2,1-2H3,(H,22,23);2*1-5H;;/q;;;;;;2*+2/p-4. The largest absolute Gasteiger partial charge is 2.00 e. The van der Waals surface area contributed by atoms with Crippen LogP contribution in [0.2, 0.25) is 20.1 Å². The van der Waals surface area contributed by atoms with Crippen LogP contribution in [0.5, 0.6) is 23.0 Å². The average Bonchev–Trinajstić information content (AvgIpc) is 1.63. The molecule has 0 atom stereocenters. The molecule has 0 aliphatic carbocycles. The minimum Gasteiger partial charge on any atom is -0.550 e. The molecule has 0 radical (unpaired) electrons. The Morgan fingerprint density at radius 2 is 0.482 bits per heavy atom. The fourth-order valence-corrected chi connectivity index (χ4v) is 12.9. The minimum atomic E-state index is -1.20. The smallest absolute Gasteiger partial charge is 0.550 e. The number of hydrogen-bond donors (Lipinski definition) is 0. The van der Waals surface area contributed by atoms with Crippen molar-refractivity contribution in [2.24, 2.45) is 0 Å². The fraction of sp³-hybridized carbons (Fsp3) is 0.140. The van der Waals surface area contributed by atoms with Crippen molar-refractivity contribution in [2.75, 3.05) is 28.4 Å². The Balaban J connectivity index is 0.000000199. The molecule has 0 aliphatic rings. The molecule has 0 bridgehead atoms. The molecule has 0 spiro atoms. The minimum absolute atomic E-state index is 0. The third-order valence-electron chi connectivity index (χ3n) is 17.8. The fourth-order valence-electron chi connectivity index (χ4n) is 12.4. The first-order valence-corrected chi connectivity index (χ1v) is 35.6. The Morgan fingerprint density at radius 1 is 0.298 bits per heavy atom. The average molecular weight is 1720 g/mol. The third-order valence-corrected chi connectivity index (χ3v) is 18.8. The normalized spacial score (nSPS) is 10.4. The monoisotopic (exact) mass is 1710 g/mol. The summed E-state index contributed by atoms with van der Waals surface area (Å²) >= 11 is 23.5. The molecule has 0 unspecified atom stereocenters. The zero-order valence-corrected chi connectivity index (χ0v) is 71.9. The van der Waals surface area contributed by atoms with E-state index in [2.05, 4.69) is 9.97 Å². The number of pyridine rings is 2. The third kappa shape index (κ3) is 22.0. The maximum absolute atomic E-state index is 13.0. The van der Waals surface area contributed by atoms with Crippen LogP contribution in [0.4, 0.5) is 0 Å². The Kier molecular flexibility index (Phi) is 32.8. The van der Waals surface area contributed by atoms with Crippen LogP contribution < -0.4 is 39.4 Å². The number of carbonyl (C=O) groups is 8. The van der Waals surface area contributed by atoms with Gasteiger partial charge in [0.25, 0.3) is 23.6 Å². The van der Waals surface area contributed by atoms with E-state index in [0.29, 0.717) is 154 Å². The first-order chi connectivity index (χ1) is 53.7. The van der Waals surface area contributed by atoms with E-state index in [9.17, 15) is 58.8 Å². The van der Waals surface area contributed by atoms with Gasteiger partial charge in [0, 0.05) is 161 Å². The number of carboxylic acids is 4. The second-order valence-electron chi connectivity index (χ2n) is 24.6. The zero-order chi connectivity index (χ0) is 81.0. The van der Waals surface area contributed by atoms with Gasteiger partial charge in [0.05, 0.1) is 50.5 Å². The quantitative estimate of drug-likeness (QED) is 0.0811. The number of hydrogen-bond acceptors (Lipinski definition) is 18. The van der Waals surface area contributed by atoms with Crippen molar-refractivity contribution in [1.29, 1.82) is 0 Å². The molecule has 0 amide bonds. The summed E-state index contributed by atoms with van der Waals surface area (Å²) in [5.74, 6) is -3.50. The van der Waals surface area contributed by atoms with Gasteiger partial charge in [-0.15, -0.1) is 0 Å². The second-order valence-corrected chi connectivity index (χ2v) is 26.4. The second kappa shape index (κ2) is 41.8. The maximum Gasteiger partial charge on any atom is 2.00 e. The molecule has 22 nitrogen and oxygen atoms in total. The van der Waals surface area contributed by atoms with E-state index in [-0.39, 0.29) is 88.3 Å². The molecule has 0 saturated heterocycles. The van der Waals surface area contributed by atoms with Gasteiger partial charge >= 0.3 is 39.0 Å². The first kappa shape index (κ1) is 89.6. The number of rotatable bonds is 16. The number of aliphatic carboxylic acids is 4. The van der Waals surface area contributed by atoms with Crippen LogP contribution in [0, 0.1) is 27.7 Å². The van der Waals surface area contributed by atoms with Crippen molar-refractivity contribution < 1.29 is 117 Å². The molecule has 0 aliphatic heterocycles. The van der Waals surface area contributed by atoms with Crippen LogP contribution in [0.15, 0.2) is 231 Å². The summed E-state index contributed by atoms with van der Waals surface area (Å²) in [6, 6.07) is 58.5. The number of ether oxygens (including phenoxy) is 4. The summed E-state index contributed by atoms with van der Waals surface area (Å²) in [7, 11) is 6.12. The molecular formula is C86H70Cl4N6O16Zn2. The molecule has 28 heteroatoms. The molecule has 8 aromatic carbocycles. The molecule has 14 aromatic rings. The predicted octanol–water partition coefficient (Wildman–Crippen LogP) is 12.5. The van der Waals surface area contributed by atoms with Crippen LogP contribution >= 0.6 is 46.4 Å². The summed E-state index contributed by atoms with van der Waals surface area (Å²) in [4.78, 5) is 104. The van der Waals surface area contributed by atoms with Gasteiger partial charge < -0.3 is 58.6 Å². The Bertz CT molecular complexity index is 5050. The predicted molar refractivity (Wildman–Crippen MR) is 421 cm³/mol. The Labute approximate surface area is 700 Å². The molecule has 0 fully saturated rings. The van der Waals surface area contributed by atoms with E-state index < -0.39 is 23.9 Å². The van der Waals surface area contributed by atoms with Crippen molar-refractivity contribution >= 4 is 138 Å². The van der Waals surface area contributed by atoms with Gasteiger partial charge in [-0.05, 0) is 244 Å². The number of carboxylic acid groups (broad SMARTS) is 4. The molecule has 0 N–H and O–H groups in total. The SMILES string of the molecule is COc1ccc2c(c1)c(CC(=O)[O-])c(C)n2C(=O)c1ccc(Cl)cc1.COc1ccc2c(c1)c(CC(=O)[O-])c(C)n2C(=O)c1ccc(Cl)cc1.COc1ccc2c(c1)c(CC(=O)[O-])c(C)n2C(=O)c1ccc(Cl)cc1.COc1ccc2c(c1)c(CC(=O)[O-])c(C)n2C(=O)c1ccc(Cl)cc1.[Zn+2].[Zn+2].c1ccncc1.c1ccncc1. The van der Waals surface area contributed by atoms with Gasteiger partial charge in [0.2, 0.25) is 0 Å². The maximum atomic E-state index is 13.0. The number of fused-ring (bicyclic) bond motifs is 4. The Hall–Kier alpha value is -11.6. The number of benzene rings is 8. The molecule has 0 saturated carbocycles. The van der Waals surface area contributed by atoms with Gasteiger partial charge in [0.1, 0.15) is 23.0 Å². The summed E-state index contributed by atoms with van der Waals surface area (Å²) < 4.78 is 26.9.